The van der Waals surface area contributed by atoms with Crippen LogP contribution in [0.5, 0.6) is 11.5 Å². The van der Waals surface area contributed by atoms with Crippen LogP contribution in [0.15, 0.2) is 97.2 Å². The Morgan fingerprint density at radius 2 is 1.69 bits per heavy atom. The van der Waals surface area contributed by atoms with Crippen molar-refractivity contribution in [1.29, 1.82) is 0 Å². The van der Waals surface area contributed by atoms with Crippen molar-refractivity contribution in [2.45, 2.75) is 95.9 Å². The number of allylic oxidation sites excluding steroid dienone is 1. The van der Waals surface area contributed by atoms with Crippen molar-refractivity contribution in [3.05, 3.63) is 136 Å². The van der Waals surface area contributed by atoms with Gasteiger partial charge >= 0.3 is 0 Å². The second-order valence-electron chi connectivity index (χ2n) is 18.8. The molecule has 0 amide bonds. The van der Waals surface area contributed by atoms with Gasteiger partial charge in [0.25, 0.3) is 0 Å². The molecule has 6 atom stereocenters. The number of carbonyl (C=O) groups is 2. The minimum absolute atomic E-state index is 0.0645. The van der Waals surface area contributed by atoms with E-state index in [2.05, 4.69) is 76.3 Å². The predicted octanol–water partition coefficient (Wildman–Crippen LogP) is 7.78. The molecule has 2 aliphatic heterocycles. The number of pyridine rings is 1. The Labute approximate surface area is 385 Å². The number of nitrogens with zero attached hydrogens (tertiary/aromatic N) is 1. The van der Waals surface area contributed by atoms with Gasteiger partial charge in [0.05, 0.1) is 20.1 Å². The van der Waals surface area contributed by atoms with Crippen LogP contribution in [0.3, 0.4) is 0 Å². The lowest BCUT2D eigenvalue weighted by Crippen LogP contribution is -2.56. The molecule has 3 heterocycles. The van der Waals surface area contributed by atoms with Crippen LogP contribution in [-0.2, 0) is 41.7 Å². The van der Waals surface area contributed by atoms with E-state index in [0.29, 0.717) is 83.8 Å². The van der Waals surface area contributed by atoms with Crippen molar-refractivity contribution in [3.8, 4) is 11.5 Å². The first-order valence-electron chi connectivity index (χ1n) is 24.0. The number of aromatic hydroxyl groups is 1. The summed E-state index contributed by atoms with van der Waals surface area (Å²) in [6.45, 7) is 2.78. The quantitative estimate of drug-likeness (QED) is 0.0246. The number of hydrogen-bond donors (Lipinski definition) is 6. The summed E-state index contributed by atoms with van der Waals surface area (Å²) in [5.41, 5.74) is 13.5. The summed E-state index contributed by atoms with van der Waals surface area (Å²) in [5.74, 6) is 2.95. The number of benzene rings is 3. The number of nitrogen functional groups attached to an aromatic ring is 1. The maximum Gasteiger partial charge on any atom is 0.163 e. The molecule has 2 fully saturated rings. The number of phenolic OH excluding ortho intramolecular Hbond substituents is 1. The van der Waals surface area contributed by atoms with Crippen LogP contribution in [0.25, 0.3) is 5.57 Å². The normalized spacial score (nSPS) is 21.0. The summed E-state index contributed by atoms with van der Waals surface area (Å²) in [7, 11) is 1.46. The monoisotopic (exact) mass is 883 g/mol. The SMILES string of the molecule is COc1cc(/C(=C/C(=O)CC(=O)CCC[C@H](CCCO)C[C@H]2[C@H]3CCNC[C@H]3C[C@@H]3C=CCN[C@@H]23)CO)c(Cc2cnc(N)cc2CCc2cccc(CCc3ccccc3)c2)cc1O. The lowest BCUT2D eigenvalue weighted by atomic mass is 9.60. The number of ether oxygens (including phenoxy) is 1. The Morgan fingerprint density at radius 3 is 2.48 bits per heavy atom. The van der Waals surface area contributed by atoms with E-state index in [4.69, 9.17) is 10.5 Å². The topological polar surface area (TPSA) is 167 Å². The number of nitrogens with two attached hydrogens (primary N) is 1. The fourth-order valence-corrected chi connectivity index (χ4v) is 11.1. The van der Waals surface area contributed by atoms with Gasteiger partial charge in [-0.3, -0.25) is 9.59 Å². The van der Waals surface area contributed by atoms with E-state index >= 15 is 0 Å². The van der Waals surface area contributed by atoms with E-state index in [1.54, 1.807) is 18.3 Å². The molecule has 65 heavy (non-hydrogen) atoms. The molecule has 3 aromatic carbocycles. The zero-order chi connectivity index (χ0) is 45.5. The molecule has 0 unspecified atom stereocenters. The lowest BCUT2D eigenvalue weighted by molar-refractivity contribution is -0.124. The first kappa shape index (κ1) is 47.8. The van der Waals surface area contributed by atoms with Crippen LogP contribution >= 0.6 is 0 Å². The molecule has 7 N–H and O–H groups in total. The van der Waals surface area contributed by atoms with Gasteiger partial charge < -0.3 is 36.4 Å². The molecule has 10 nitrogen and oxygen atoms in total. The van der Waals surface area contributed by atoms with Crippen LogP contribution in [0.4, 0.5) is 5.82 Å². The van der Waals surface area contributed by atoms with Gasteiger partial charge in [0, 0.05) is 31.8 Å². The van der Waals surface area contributed by atoms with E-state index in [1.165, 1.54) is 42.7 Å². The summed E-state index contributed by atoms with van der Waals surface area (Å²) < 4.78 is 5.47. The number of methoxy groups -OCH3 is 1. The number of phenols is 1. The van der Waals surface area contributed by atoms with Gasteiger partial charge in [0.1, 0.15) is 11.6 Å². The fourth-order valence-electron chi connectivity index (χ4n) is 11.1. The Morgan fingerprint density at radius 1 is 0.923 bits per heavy atom. The first-order chi connectivity index (χ1) is 31.7. The molecule has 0 spiro atoms. The van der Waals surface area contributed by atoms with Crippen molar-refractivity contribution in [3.63, 3.8) is 0 Å². The minimum Gasteiger partial charge on any atom is -0.504 e. The van der Waals surface area contributed by atoms with Gasteiger partial charge in [-0.05, 0) is 182 Å². The number of nitrogens with one attached hydrogen (secondary N) is 2. The maximum absolute atomic E-state index is 13.5. The average Bonchev–Trinajstić information content (AvgIpc) is 3.32. The molecule has 346 valence electrons. The highest BCUT2D eigenvalue weighted by Gasteiger charge is 2.45. The van der Waals surface area contributed by atoms with Crippen molar-refractivity contribution in [2.24, 2.45) is 29.6 Å². The summed E-state index contributed by atoms with van der Waals surface area (Å²) in [6.07, 6.45) is 18.4. The number of anilines is 1. The molecule has 10 heteroatoms. The van der Waals surface area contributed by atoms with E-state index in [-0.39, 0.29) is 36.1 Å². The third-order valence-electron chi connectivity index (χ3n) is 14.3. The maximum atomic E-state index is 13.5. The third kappa shape index (κ3) is 13.3. The number of ketones is 2. The van der Waals surface area contributed by atoms with Gasteiger partial charge in [0.15, 0.2) is 17.3 Å². The number of aromatic nitrogens is 1. The average molecular weight is 883 g/mol. The number of rotatable bonds is 23. The molecule has 3 aliphatic rings. The van der Waals surface area contributed by atoms with Gasteiger partial charge in [-0.25, -0.2) is 4.98 Å². The number of Topliss-reactive ketones (excluding diaryl/α,β-unsaturated/α-hetero) is 1. The number of fused-ring (bicyclic) bond motifs is 2. The standard InChI is InChI=1S/C55H70N4O6/c1-65-53-33-50(43(30-52(53)64)28-44-35-59-54(56)31-41(44)20-19-40-12-5-11-39(25-40)18-17-37-9-3-2-4-10-37)46(36-61)29-48(63)32-47(62)16-6-13-38(14-8-24-60)26-51-49-21-23-57-34-45(49)27-42-15-7-22-58-55(42)51/h2-5,7,9-12,15,25,29-31,33,35,38,42,45,49,51,55,57-58,60-61,64H,6,8,13-14,16-24,26-28,32,34,36H2,1H3,(H2,56,59)/b46-29+/t38-,42+,45-,49+,51+,55-/m1/s1. The number of carbonyl (C=O) groups excluding carboxylic acids is 2. The van der Waals surface area contributed by atoms with Crippen LogP contribution in [0.2, 0.25) is 0 Å². The summed E-state index contributed by atoms with van der Waals surface area (Å²) >= 11 is 0. The van der Waals surface area contributed by atoms with Crippen molar-refractivity contribution in [2.75, 3.05) is 45.7 Å². The van der Waals surface area contributed by atoms with Crippen LogP contribution in [0.1, 0.15) is 96.7 Å². The fraction of sp³-hybridized carbons (Fsp3) is 0.473. The third-order valence-corrected chi connectivity index (χ3v) is 14.3. The first-order valence-corrected chi connectivity index (χ1v) is 24.0. The van der Waals surface area contributed by atoms with Crippen molar-refractivity contribution in [1.82, 2.24) is 15.6 Å². The highest BCUT2D eigenvalue weighted by atomic mass is 16.5. The van der Waals surface area contributed by atoms with Gasteiger partial charge in [-0.1, -0.05) is 73.2 Å². The second-order valence-corrected chi connectivity index (χ2v) is 18.8. The molecule has 7 rings (SSSR count). The van der Waals surface area contributed by atoms with E-state index in [0.717, 1.165) is 75.7 Å². The number of aliphatic hydroxyl groups is 2. The molecule has 0 bridgehead atoms. The summed E-state index contributed by atoms with van der Waals surface area (Å²) in [5, 5.41) is 38.9. The molecular formula is C55H70N4O6. The number of aliphatic hydroxyl groups excluding tert-OH is 2. The number of piperidine rings is 1. The highest BCUT2D eigenvalue weighted by Crippen LogP contribution is 2.46. The largest absolute Gasteiger partial charge is 0.504 e. The van der Waals surface area contributed by atoms with Gasteiger partial charge in [-0.15, -0.1) is 0 Å². The summed E-state index contributed by atoms with van der Waals surface area (Å²) in [6, 6.07) is 24.8. The highest BCUT2D eigenvalue weighted by molar-refractivity contribution is 6.07. The van der Waals surface area contributed by atoms with Crippen LogP contribution < -0.4 is 21.1 Å². The summed E-state index contributed by atoms with van der Waals surface area (Å²) in [4.78, 5) is 31.3. The predicted molar refractivity (Wildman–Crippen MR) is 259 cm³/mol. The Kier molecular flexibility index (Phi) is 17.6. The molecule has 1 aromatic heterocycles. The molecule has 1 saturated heterocycles. The minimum atomic E-state index is -0.452. The zero-order valence-electron chi connectivity index (χ0n) is 38.2. The van der Waals surface area contributed by atoms with E-state index in [9.17, 15) is 24.9 Å². The van der Waals surface area contributed by atoms with Crippen molar-refractivity contribution >= 4 is 23.0 Å². The van der Waals surface area contributed by atoms with Gasteiger partial charge in [-0.2, -0.15) is 0 Å². The number of hydrogen-bond acceptors (Lipinski definition) is 10. The molecule has 1 saturated carbocycles. The number of aryl methyl sites for hydroxylation is 4. The molecule has 1 aliphatic carbocycles. The van der Waals surface area contributed by atoms with Crippen LogP contribution in [-0.4, -0.2) is 77.9 Å². The zero-order valence-corrected chi connectivity index (χ0v) is 38.2. The Hall–Kier alpha value is -5.13. The Balaban J connectivity index is 0.992. The van der Waals surface area contributed by atoms with E-state index in [1.807, 2.05) is 12.1 Å². The van der Waals surface area contributed by atoms with E-state index < -0.39 is 6.61 Å². The Bertz CT molecular complexity index is 2260. The molecular weight excluding hydrogens is 813 g/mol. The van der Waals surface area contributed by atoms with Crippen molar-refractivity contribution < 1.29 is 29.6 Å². The lowest BCUT2D eigenvalue weighted by Gasteiger charge is -2.51. The smallest absolute Gasteiger partial charge is 0.163 e. The second kappa shape index (κ2) is 23.9. The van der Waals surface area contributed by atoms with Crippen LogP contribution in [0, 0.1) is 29.6 Å². The molecule has 0 radical (unpaired) electrons. The van der Waals surface area contributed by atoms with Gasteiger partial charge in [0.2, 0.25) is 0 Å². The molecule has 4 aromatic rings.